The molecule has 2 aromatic rings. The van der Waals surface area contributed by atoms with Gasteiger partial charge in [-0.3, -0.25) is 0 Å². The number of hydrogen-bond acceptors (Lipinski definition) is 2. The molecule has 1 heterocycles. The highest BCUT2D eigenvalue weighted by atomic mass is 15.0. The molecular weight excluding hydrogens is 234 g/mol. The van der Waals surface area contributed by atoms with E-state index in [0.29, 0.717) is 11.3 Å². The van der Waals surface area contributed by atoms with E-state index in [2.05, 4.69) is 25.1 Å². The van der Waals surface area contributed by atoms with Crippen molar-refractivity contribution in [2.75, 3.05) is 0 Å². The van der Waals surface area contributed by atoms with Crippen LogP contribution in [0, 0.1) is 22.7 Å². The summed E-state index contributed by atoms with van der Waals surface area (Å²) in [5.74, 6) is 0. The van der Waals surface area contributed by atoms with Crippen molar-refractivity contribution in [2.24, 2.45) is 7.05 Å². The number of benzene rings is 1. The summed E-state index contributed by atoms with van der Waals surface area (Å²) in [6.45, 7) is 2.12. The lowest BCUT2D eigenvalue weighted by Gasteiger charge is -2.08. The molecule has 0 radical (unpaired) electrons. The molecule has 0 N–H and O–H groups in total. The number of aromatic nitrogens is 1. The van der Waals surface area contributed by atoms with Gasteiger partial charge >= 0.3 is 0 Å². The molecule has 19 heavy (non-hydrogen) atoms. The lowest BCUT2D eigenvalue weighted by atomic mass is 10.00. The third kappa shape index (κ3) is 2.37. The molecule has 0 atom stereocenters. The predicted molar refractivity (Wildman–Crippen MR) is 74.3 cm³/mol. The van der Waals surface area contributed by atoms with Crippen LogP contribution in [0.2, 0.25) is 0 Å². The summed E-state index contributed by atoms with van der Waals surface area (Å²) in [5.41, 5.74) is 4.22. The van der Waals surface area contributed by atoms with Gasteiger partial charge in [-0.25, -0.2) is 0 Å². The Bertz CT molecular complexity index is 681. The maximum atomic E-state index is 9.30. The second kappa shape index (κ2) is 5.42. The fourth-order valence-corrected chi connectivity index (χ4v) is 2.25. The first-order chi connectivity index (χ1) is 9.21. The first-order valence-corrected chi connectivity index (χ1v) is 6.30. The molecule has 0 aliphatic heterocycles. The van der Waals surface area contributed by atoms with Gasteiger partial charge in [-0.2, -0.15) is 10.5 Å². The molecular formula is C16H15N3. The highest BCUT2D eigenvalue weighted by Crippen LogP contribution is 2.26. The van der Waals surface area contributed by atoms with Gasteiger partial charge in [0.05, 0.1) is 17.3 Å². The Hall–Kier alpha value is -2.52. The van der Waals surface area contributed by atoms with Crippen molar-refractivity contribution in [3.05, 3.63) is 47.2 Å². The molecule has 0 amide bonds. The van der Waals surface area contributed by atoms with Crippen LogP contribution in [0.1, 0.15) is 30.2 Å². The third-order valence-corrected chi connectivity index (χ3v) is 3.26. The third-order valence-electron chi connectivity index (χ3n) is 3.26. The maximum Gasteiger partial charge on any atom is 0.120 e. The molecule has 0 unspecified atom stereocenters. The molecule has 3 heteroatoms. The maximum absolute atomic E-state index is 9.30. The van der Waals surface area contributed by atoms with Gasteiger partial charge in [-0.15, -0.1) is 0 Å². The average Bonchev–Trinajstić information content (AvgIpc) is 2.80. The number of aryl methyl sites for hydroxylation is 1. The van der Waals surface area contributed by atoms with Crippen molar-refractivity contribution in [1.82, 2.24) is 4.57 Å². The molecule has 0 saturated heterocycles. The molecule has 2 rings (SSSR count). The summed E-state index contributed by atoms with van der Waals surface area (Å²) in [7, 11) is 1.84. The highest BCUT2D eigenvalue weighted by Gasteiger charge is 2.11. The van der Waals surface area contributed by atoms with Gasteiger partial charge < -0.3 is 4.57 Å². The van der Waals surface area contributed by atoms with Crippen LogP contribution in [-0.4, -0.2) is 4.57 Å². The number of nitriles is 2. The molecule has 0 spiro atoms. The highest BCUT2D eigenvalue weighted by molar-refractivity contribution is 5.69. The van der Waals surface area contributed by atoms with Gasteiger partial charge in [0.15, 0.2) is 0 Å². The first-order valence-electron chi connectivity index (χ1n) is 6.30. The van der Waals surface area contributed by atoms with Crippen molar-refractivity contribution < 1.29 is 0 Å². The van der Waals surface area contributed by atoms with Crippen molar-refractivity contribution >= 4 is 0 Å². The number of nitrogens with zero attached hydrogens (tertiary/aromatic N) is 3. The van der Waals surface area contributed by atoms with Crippen LogP contribution < -0.4 is 0 Å². The van der Waals surface area contributed by atoms with Crippen LogP contribution in [-0.2, 0) is 13.5 Å². The monoisotopic (exact) mass is 249 g/mol. The Labute approximate surface area is 113 Å². The quantitative estimate of drug-likeness (QED) is 0.837. The largest absolute Gasteiger partial charge is 0.335 e. The van der Waals surface area contributed by atoms with Gasteiger partial charge in [0, 0.05) is 12.6 Å². The van der Waals surface area contributed by atoms with Crippen LogP contribution >= 0.6 is 0 Å². The number of hydrogen-bond donors (Lipinski definition) is 0. The zero-order chi connectivity index (χ0) is 13.8. The minimum atomic E-state index is 0.594. The van der Waals surface area contributed by atoms with Crippen LogP contribution in [0.3, 0.4) is 0 Å². The van der Waals surface area contributed by atoms with Crippen LogP contribution in [0.25, 0.3) is 11.3 Å². The molecule has 94 valence electrons. The van der Waals surface area contributed by atoms with Gasteiger partial charge in [0.2, 0.25) is 0 Å². The lowest BCUT2D eigenvalue weighted by molar-refractivity contribution is 0.911. The summed E-state index contributed by atoms with van der Waals surface area (Å²) in [6, 6.07) is 14.0. The molecule has 1 aromatic carbocycles. The van der Waals surface area contributed by atoms with Crippen molar-refractivity contribution in [2.45, 2.75) is 19.8 Å². The Morgan fingerprint density at radius 1 is 1.11 bits per heavy atom. The van der Waals surface area contributed by atoms with E-state index in [4.69, 9.17) is 5.26 Å². The molecule has 0 fully saturated rings. The lowest BCUT2D eigenvalue weighted by Crippen LogP contribution is -1.97. The fourth-order valence-electron chi connectivity index (χ4n) is 2.25. The van der Waals surface area contributed by atoms with Crippen LogP contribution in [0.15, 0.2) is 30.3 Å². The summed E-state index contributed by atoms with van der Waals surface area (Å²) in [4.78, 5) is 0. The number of rotatable bonds is 3. The zero-order valence-electron chi connectivity index (χ0n) is 11.1. The van der Waals surface area contributed by atoms with Crippen molar-refractivity contribution in [1.29, 1.82) is 10.5 Å². The molecule has 1 aromatic heterocycles. The molecule has 0 aliphatic rings. The van der Waals surface area contributed by atoms with Gasteiger partial charge in [0.1, 0.15) is 11.8 Å². The van der Waals surface area contributed by atoms with Crippen molar-refractivity contribution in [3.63, 3.8) is 0 Å². The van der Waals surface area contributed by atoms with E-state index in [1.54, 1.807) is 6.07 Å². The zero-order valence-corrected chi connectivity index (χ0v) is 11.1. The first kappa shape index (κ1) is 12.9. The molecule has 0 aliphatic carbocycles. The van der Waals surface area contributed by atoms with Gasteiger partial charge in [0.25, 0.3) is 0 Å². The average molecular weight is 249 g/mol. The van der Waals surface area contributed by atoms with E-state index >= 15 is 0 Å². The standard InChI is InChI=1S/C16H15N3/c1-3-4-12-5-7-15(13(9-12)10-17)16-8-6-14(11-18)19(16)2/h5-9H,3-4H2,1-2H3. The molecule has 3 nitrogen and oxygen atoms in total. The second-order valence-corrected chi connectivity index (χ2v) is 4.52. The smallest absolute Gasteiger partial charge is 0.120 e. The normalized spacial score (nSPS) is 9.89. The minimum absolute atomic E-state index is 0.594. The van der Waals surface area contributed by atoms with E-state index in [9.17, 15) is 5.26 Å². The summed E-state index contributed by atoms with van der Waals surface area (Å²) in [5, 5.41) is 18.3. The fraction of sp³-hybridized carbons (Fsp3) is 0.250. The minimum Gasteiger partial charge on any atom is -0.335 e. The summed E-state index contributed by atoms with van der Waals surface area (Å²) in [6.07, 6.45) is 2.04. The topological polar surface area (TPSA) is 52.5 Å². The van der Waals surface area contributed by atoms with Gasteiger partial charge in [-0.05, 0) is 30.2 Å². The van der Waals surface area contributed by atoms with E-state index in [1.807, 2.05) is 29.8 Å². The summed E-state index contributed by atoms with van der Waals surface area (Å²) >= 11 is 0. The van der Waals surface area contributed by atoms with Crippen LogP contribution in [0.4, 0.5) is 0 Å². The van der Waals surface area contributed by atoms with E-state index in [-0.39, 0.29) is 0 Å². The second-order valence-electron chi connectivity index (χ2n) is 4.52. The predicted octanol–water partition coefficient (Wildman–Crippen LogP) is 3.39. The Kier molecular flexibility index (Phi) is 3.68. The van der Waals surface area contributed by atoms with Gasteiger partial charge in [-0.1, -0.05) is 25.5 Å². The molecule has 0 bridgehead atoms. The molecule has 0 saturated carbocycles. The SMILES string of the molecule is CCCc1ccc(-c2ccc(C#N)n2C)c(C#N)c1. The van der Waals surface area contributed by atoms with E-state index in [0.717, 1.165) is 24.1 Å². The van der Waals surface area contributed by atoms with E-state index < -0.39 is 0 Å². The van der Waals surface area contributed by atoms with E-state index in [1.165, 1.54) is 5.56 Å². The Morgan fingerprint density at radius 2 is 1.89 bits per heavy atom. The van der Waals surface area contributed by atoms with Crippen LogP contribution in [0.5, 0.6) is 0 Å². The van der Waals surface area contributed by atoms with Crippen molar-refractivity contribution in [3.8, 4) is 23.4 Å². The summed E-state index contributed by atoms with van der Waals surface area (Å²) < 4.78 is 1.82. The Balaban J connectivity index is 2.54. The Morgan fingerprint density at radius 3 is 2.47 bits per heavy atom.